The number of amides is 1. The van der Waals surface area contributed by atoms with E-state index in [9.17, 15) is 4.79 Å². The lowest BCUT2D eigenvalue weighted by atomic mass is 10.1. The summed E-state index contributed by atoms with van der Waals surface area (Å²) in [6.45, 7) is 2.72. The van der Waals surface area contributed by atoms with Gasteiger partial charge in [0.05, 0.1) is 5.75 Å². The lowest BCUT2D eigenvalue weighted by molar-refractivity contribution is -0.118. The van der Waals surface area contributed by atoms with Crippen molar-refractivity contribution in [3.63, 3.8) is 0 Å². The van der Waals surface area contributed by atoms with E-state index in [-0.39, 0.29) is 5.91 Å². The molecule has 0 radical (unpaired) electrons. The van der Waals surface area contributed by atoms with Crippen LogP contribution in [0.4, 0.5) is 0 Å². The molecule has 0 bridgehead atoms. The van der Waals surface area contributed by atoms with E-state index in [2.05, 4.69) is 44.5 Å². The average Bonchev–Trinajstić information content (AvgIpc) is 3.21. The van der Waals surface area contributed by atoms with Crippen molar-refractivity contribution in [2.45, 2.75) is 31.3 Å². The highest BCUT2D eigenvalue weighted by molar-refractivity contribution is 7.99. The number of aromatic nitrogens is 4. The Morgan fingerprint density at radius 3 is 3.04 bits per heavy atom. The van der Waals surface area contributed by atoms with Gasteiger partial charge in [-0.15, -0.1) is 5.10 Å². The maximum Gasteiger partial charge on any atom is 0.230 e. The fourth-order valence-corrected chi connectivity index (χ4v) is 3.19. The van der Waals surface area contributed by atoms with Crippen molar-refractivity contribution in [2.75, 3.05) is 12.3 Å². The van der Waals surface area contributed by atoms with Crippen LogP contribution < -0.4 is 5.32 Å². The van der Waals surface area contributed by atoms with E-state index in [4.69, 9.17) is 0 Å². The molecule has 0 atom stereocenters. The number of para-hydroxylation sites is 1. The highest BCUT2D eigenvalue weighted by Gasteiger charge is 2.08. The number of fused-ring (bicyclic) bond motifs is 1. The third-order valence-electron chi connectivity index (χ3n) is 3.72. The molecule has 3 N–H and O–H groups in total. The number of benzene rings is 1. The number of nitrogens with zero attached hydrogens (tertiary/aromatic N) is 2. The molecule has 0 unspecified atom stereocenters. The maximum absolute atomic E-state index is 11.9. The fraction of sp³-hybridized carbons (Fsp3) is 0.353. The van der Waals surface area contributed by atoms with Crippen molar-refractivity contribution in [1.82, 2.24) is 25.5 Å². The highest BCUT2D eigenvalue weighted by Crippen LogP contribution is 2.17. The molecule has 6 nitrogen and oxygen atoms in total. The zero-order valence-corrected chi connectivity index (χ0v) is 14.4. The second-order valence-electron chi connectivity index (χ2n) is 5.56. The Morgan fingerprint density at radius 2 is 2.17 bits per heavy atom. The molecule has 3 rings (SSSR count). The Hall–Kier alpha value is -2.28. The quantitative estimate of drug-likeness (QED) is 0.549. The predicted molar refractivity (Wildman–Crippen MR) is 96.1 cm³/mol. The van der Waals surface area contributed by atoms with Gasteiger partial charge in [-0.05, 0) is 24.5 Å². The van der Waals surface area contributed by atoms with Gasteiger partial charge in [-0.3, -0.25) is 9.89 Å². The molecule has 7 heteroatoms. The van der Waals surface area contributed by atoms with Gasteiger partial charge in [-0.1, -0.05) is 36.9 Å². The first kappa shape index (κ1) is 16.6. The van der Waals surface area contributed by atoms with E-state index in [0.717, 1.165) is 30.6 Å². The van der Waals surface area contributed by atoms with Crippen molar-refractivity contribution in [3.05, 3.63) is 41.9 Å². The van der Waals surface area contributed by atoms with Gasteiger partial charge in [0.1, 0.15) is 5.82 Å². The fourth-order valence-electron chi connectivity index (χ4n) is 2.55. The molecule has 126 valence electrons. The number of nitrogens with one attached hydrogen (secondary N) is 3. The van der Waals surface area contributed by atoms with Gasteiger partial charge in [0, 0.05) is 30.1 Å². The molecular formula is C17H21N5OS. The monoisotopic (exact) mass is 343 g/mol. The van der Waals surface area contributed by atoms with Gasteiger partial charge in [0.2, 0.25) is 11.1 Å². The van der Waals surface area contributed by atoms with E-state index in [0.29, 0.717) is 17.5 Å². The molecule has 0 spiro atoms. The molecular weight excluding hydrogens is 322 g/mol. The van der Waals surface area contributed by atoms with Crippen LogP contribution in [0.1, 0.15) is 24.7 Å². The normalized spacial score (nSPS) is 11.0. The Balaban J connectivity index is 1.42. The summed E-state index contributed by atoms with van der Waals surface area (Å²) in [5, 5.41) is 11.8. The zero-order valence-electron chi connectivity index (χ0n) is 13.6. The summed E-state index contributed by atoms with van der Waals surface area (Å²) in [5.74, 6) is 1.21. The van der Waals surface area contributed by atoms with E-state index < -0.39 is 0 Å². The molecule has 0 saturated heterocycles. The molecule has 0 aliphatic carbocycles. The van der Waals surface area contributed by atoms with Crippen LogP contribution in [0.5, 0.6) is 0 Å². The van der Waals surface area contributed by atoms with Crippen molar-refractivity contribution in [3.8, 4) is 0 Å². The maximum atomic E-state index is 11.9. The summed E-state index contributed by atoms with van der Waals surface area (Å²) in [6.07, 6.45) is 4.72. The molecule has 1 amide bonds. The minimum absolute atomic E-state index is 0.00156. The lowest BCUT2D eigenvalue weighted by Gasteiger charge is -2.03. The SMILES string of the molecule is CCCc1nc(SCC(=O)NCCc2c[nH]c3ccccc23)n[nH]1. The summed E-state index contributed by atoms with van der Waals surface area (Å²) in [4.78, 5) is 19.5. The van der Waals surface area contributed by atoms with Crippen LogP contribution in [0.25, 0.3) is 10.9 Å². The second kappa shape index (κ2) is 8.01. The Morgan fingerprint density at radius 1 is 1.29 bits per heavy atom. The van der Waals surface area contributed by atoms with Crippen LogP contribution in [0.3, 0.4) is 0 Å². The van der Waals surface area contributed by atoms with Crippen LogP contribution in [-0.4, -0.2) is 38.4 Å². The first-order valence-corrected chi connectivity index (χ1v) is 9.10. The van der Waals surface area contributed by atoms with Crippen LogP contribution in [-0.2, 0) is 17.6 Å². The van der Waals surface area contributed by atoms with Crippen molar-refractivity contribution >= 4 is 28.6 Å². The van der Waals surface area contributed by atoms with Crippen LogP contribution in [0.15, 0.2) is 35.6 Å². The van der Waals surface area contributed by atoms with Crippen molar-refractivity contribution < 1.29 is 4.79 Å². The van der Waals surface area contributed by atoms with Gasteiger partial charge in [-0.2, -0.15) is 0 Å². The van der Waals surface area contributed by atoms with Gasteiger partial charge in [0.15, 0.2) is 0 Å². The van der Waals surface area contributed by atoms with Gasteiger partial charge in [-0.25, -0.2) is 4.98 Å². The number of hydrogen-bond acceptors (Lipinski definition) is 4. The summed E-state index contributed by atoms with van der Waals surface area (Å²) in [7, 11) is 0. The standard InChI is InChI=1S/C17H21N5OS/c1-2-5-15-20-17(22-21-15)24-11-16(23)18-9-8-12-10-19-14-7-4-3-6-13(12)14/h3-4,6-7,10,19H,2,5,8-9,11H2,1H3,(H,18,23)(H,20,21,22). The minimum atomic E-state index is 0.00156. The molecule has 0 aliphatic rings. The van der Waals surface area contributed by atoms with E-state index in [1.807, 2.05) is 18.3 Å². The van der Waals surface area contributed by atoms with E-state index in [1.165, 1.54) is 22.7 Å². The average molecular weight is 343 g/mol. The van der Waals surface area contributed by atoms with Crippen LogP contribution >= 0.6 is 11.8 Å². The number of aromatic amines is 2. The number of thioether (sulfide) groups is 1. The van der Waals surface area contributed by atoms with E-state index in [1.54, 1.807) is 0 Å². The molecule has 3 aromatic rings. The van der Waals surface area contributed by atoms with Crippen LogP contribution in [0.2, 0.25) is 0 Å². The molecule has 0 aliphatic heterocycles. The van der Waals surface area contributed by atoms with E-state index >= 15 is 0 Å². The predicted octanol–water partition coefficient (Wildman–Crippen LogP) is 2.69. The number of rotatable bonds is 8. The first-order valence-electron chi connectivity index (χ1n) is 8.12. The molecule has 0 fully saturated rings. The minimum Gasteiger partial charge on any atom is -0.361 e. The van der Waals surface area contributed by atoms with Crippen molar-refractivity contribution in [2.24, 2.45) is 0 Å². The lowest BCUT2D eigenvalue weighted by Crippen LogP contribution is -2.27. The largest absolute Gasteiger partial charge is 0.361 e. The molecule has 2 aromatic heterocycles. The number of carbonyl (C=O) groups is 1. The van der Waals surface area contributed by atoms with Gasteiger partial charge in [0.25, 0.3) is 0 Å². The smallest absolute Gasteiger partial charge is 0.230 e. The summed E-state index contributed by atoms with van der Waals surface area (Å²) < 4.78 is 0. The molecule has 24 heavy (non-hydrogen) atoms. The Labute approximate surface area is 144 Å². The Kier molecular flexibility index (Phi) is 5.53. The summed E-state index contributed by atoms with van der Waals surface area (Å²) in [6, 6.07) is 8.18. The Bertz CT molecular complexity index is 810. The third-order valence-corrected chi connectivity index (χ3v) is 4.57. The van der Waals surface area contributed by atoms with Crippen molar-refractivity contribution in [1.29, 1.82) is 0 Å². The highest BCUT2D eigenvalue weighted by atomic mass is 32.2. The third kappa shape index (κ3) is 4.17. The summed E-state index contributed by atoms with van der Waals surface area (Å²) in [5.41, 5.74) is 2.35. The van der Waals surface area contributed by atoms with Gasteiger partial charge < -0.3 is 10.3 Å². The zero-order chi connectivity index (χ0) is 16.8. The first-order chi connectivity index (χ1) is 11.8. The topological polar surface area (TPSA) is 86.5 Å². The second-order valence-corrected chi connectivity index (χ2v) is 6.51. The van der Waals surface area contributed by atoms with Crippen LogP contribution in [0, 0.1) is 0 Å². The summed E-state index contributed by atoms with van der Waals surface area (Å²) >= 11 is 1.35. The molecule has 2 heterocycles. The molecule has 1 aromatic carbocycles. The number of hydrogen-bond donors (Lipinski definition) is 3. The number of carbonyl (C=O) groups excluding carboxylic acids is 1. The number of H-pyrrole nitrogens is 2. The number of aryl methyl sites for hydroxylation is 1. The van der Waals surface area contributed by atoms with Gasteiger partial charge >= 0.3 is 0 Å². The molecule has 0 saturated carbocycles.